The molecule has 3 rings (SSSR count). The van der Waals surface area contributed by atoms with E-state index in [0.29, 0.717) is 28.9 Å². The van der Waals surface area contributed by atoms with Gasteiger partial charge in [0.25, 0.3) is 0 Å². The predicted molar refractivity (Wildman–Crippen MR) is 75.2 cm³/mol. The molecule has 2 heterocycles. The van der Waals surface area contributed by atoms with E-state index in [2.05, 4.69) is 17.6 Å². The van der Waals surface area contributed by atoms with Crippen LogP contribution in [0.15, 0.2) is 0 Å². The average Bonchev–Trinajstić information content (AvgIpc) is 3.05. The summed E-state index contributed by atoms with van der Waals surface area (Å²) in [5, 5.41) is 0.645. The molecule has 0 bridgehead atoms. The van der Waals surface area contributed by atoms with Crippen molar-refractivity contribution in [3.63, 3.8) is 0 Å². The van der Waals surface area contributed by atoms with Crippen LogP contribution in [0.3, 0.4) is 0 Å². The second-order valence-corrected chi connectivity index (χ2v) is 6.55. The number of methoxy groups -OCH3 is 1. The molecular weight excluding hydrogens is 284 g/mol. The number of hydrogen-bond donors (Lipinski definition) is 1. The maximum Gasteiger partial charge on any atom is 0.350 e. The van der Waals surface area contributed by atoms with Gasteiger partial charge in [0.1, 0.15) is 4.88 Å². The first kappa shape index (κ1) is 12.9. The summed E-state index contributed by atoms with van der Waals surface area (Å²) in [5.41, 5.74) is 0.794. The quantitative estimate of drug-likeness (QED) is 0.683. The molecule has 5 nitrogen and oxygen atoms in total. The smallest absolute Gasteiger partial charge is 0.350 e. The summed E-state index contributed by atoms with van der Waals surface area (Å²) in [5.74, 6) is 0.0100. The molecule has 0 spiro atoms. The molecule has 2 aliphatic rings. The van der Waals surface area contributed by atoms with Gasteiger partial charge in [0.15, 0.2) is 5.13 Å². The number of hydrogen-bond acceptors (Lipinski definition) is 6. The normalized spacial score (nSPS) is 22.9. The number of carbonyl (C=O) groups is 2. The minimum absolute atomic E-state index is 0.0208. The van der Waals surface area contributed by atoms with Gasteiger partial charge in [0.05, 0.1) is 12.8 Å². The van der Waals surface area contributed by atoms with Crippen LogP contribution in [0.2, 0.25) is 0 Å². The molecule has 102 valence electrons. The van der Waals surface area contributed by atoms with Crippen molar-refractivity contribution in [1.82, 2.24) is 4.98 Å². The third kappa shape index (κ3) is 2.36. The molecule has 1 aliphatic carbocycles. The SMILES string of the molecule is COC(=O)c1sc(N2CC(S)CC2=O)nc1C1CC1. The van der Waals surface area contributed by atoms with Gasteiger partial charge in [0, 0.05) is 24.1 Å². The Morgan fingerprint density at radius 2 is 2.26 bits per heavy atom. The number of aromatic nitrogens is 1. The summed E-state index contributed by atoms with van der Waals surface area (Å²) in [6.07, 6.45) is 2.53. The summed E-state index contributed by atoms with van der Waals surface area (Å²) >= 11 is 5.58. The third-order valence-electron chi connectivity index (χ3n) is 3.31. The molecule has 1 aromatic rings. The molecule has 1 amide bonds. The summed E-state index contributed by atoms with van der Waals surface area (Å²) in [7, 11) is 1.36. The zero-order valence-corrected chi connectivity index (χ0v) is 12.2. The lowest BCUT2D eigenvalue weighted by Crippen LogP contribution is -2.24. The number of thiol groups is 1. The number of anilines is 1. The van der Waals surface area contributed by atoms with E-state index in [-0.39, 0.29) is 17.1 Å². The Morgan fingerprint density at radius 1 is 1.53 bits per heavy atom. The van der Waals surface area contributed by atoms with Gasteiger partial charge >= 0.3 is 5.97 Å². The molecule has 2 fully saturated rings. The maximum atomic E-state index is 11.9. The van der Waals surface area contributed by atoms with Gasteiger partial charge in [-0.1, -0.05) is 11.3 Å². The minimum Gasteiger partial charge on any atom is -0.465 e. The highest BCUT2D eigenvalue weighted by atomic mass is 32.1. The molecule has 1 unspecified atom stereocenters. The number of carbonyl (C=O) groups excluding carboxylic acids is 2. The first-order valence-electron chi connectivity index (χ1n) is 6.17. The molecule has 1 saturated carbocycles. The highest BCUT2D eigenvalue weighted by molar-refractivity contribution is 7.81. The van der Waals surface area contributed by atoms with Crippen LogP contribution in [0.5, 0.6) is 0 Å². The van der Waals surface area contributed by atoms with Crippen LogP contribution in [0.1, 0.15) is 40.5 Å². The molecule has 0 aromatic carbocycles. The first-order chi connectivity index (χ1) is 9.10. The fourth-order valence-electron chi connectivity index (χ4n) is 2.18. The van der Waals surface area contributed by atoms with Crippen LogP contribution in [-0.4, -0.2) is 35.8 Å². The highest BCUT2D eigenvalue weighted by Crippen LogP contribution is 2.44. The zero-order chi connectivity index (χ0) is 13.6. The summed E-state index contributed by atoms with van der Waals surface area (Å²) < 4.78 is 4.79. The molecule has 1 aromatic heterocycles. The molecule has 1 atom stereocenters. The number of nitrogens with zero attached hydrogens (tertiary/aromatic N) is 2. The van der Waals surface area contributed by atoms with Crippen molar-refractivity contribution >= 4 is 41.0 Å². The number of thiazole rings is 1. The Balaban J connectivity index is 1.94. The van der Waals surface area contributed by atoms with Crippen LogP contribution in [0.4, 0.5) is 5.13 Å². The number of esters is 1. The van der Waals surface area contributed by atoms with E-state index in [1.165, 1.54) is 18.4 Å². The van der Waals surface area contributed by atoms with Crippen LogP contribution in [0.25, 0.3) is 0 Å². The second kappa shape index (κ2) is 4.79. The standard InChI is InChI=1S/C12H14N2O3S2/c1-17-11(16)10-9(6-2-3-6)13-12(19-10)14-5-7(18)4-8(14)15/h6-7,18H,2-5H2,1H3. The minimum atomic E-state index is -0.361. The maximum absolute atomic E-state index is 11.9. The van der Waals surface area contributed by atoms with Crippen LogP contribution in [0, 0.1) is 0 Å². The Labute approximate surface area is 120 Å². The van der Waals surface area contributed by atoms with E-state index in [4.69, 9.17) is 4.74 Å². The molecule has 0 N–H and O–H groups in total. The number of amides is 1. The average molecular weight is 298 g/mol. The molecular formula is C12H14N2O3S2. The van der Waals surface area contributed by atoms with Crippen molar-refractivity contribution in [2.45, 2.75) is 30.4 Å². The van der Waals surface area contributed by atoms with Crippen LogP contribution < -0.4 is 4.90 Å². The van der Waals surface area contributed by atoms with Gasteiger partial charge in [-0.2, -0.15) is 12.6 Å². The molecule has 7 heteroatoms. The zero-order valence-electron chi connectivity index (χ0n) is 10.5. The van der Waals surface area contributed by atoms with E-state index in [9.17, 15) is 9.59 Å². The molecule has 1 aliphatic heterocycles. The fourth-order valence-corrected chi connectivity index (χ4v) is 3.60. The summed E-state index contributed by atoms with van der Waals surface area (Å²) in [4.78, 5) is 30.3. The topological polar surface area (TPSA) is 59.5 Å². The first-order valence-corrected chi connectivity index (χ1v) is 7.51. The van der Waals surface area contributed by atoms with Crippen LogP contribution >= 0.6 is 24.0 Å². The van der Waals surface area contributed by atoms with E-state index in [1.54, 1.807) is 4.90 Å². The van der Waals surface area contributed by atoms with Gasteiger partial charge in [-0.05, 0) is 12.8 Å². The number of ether oxygens (including phenoxy) is 1. The van der Waals surface area contributed by atoms with Gasteiger partial charge < -0.3 is 4.74 Å². The van der Waals surface area contributed by atoms with Gasteiger partial charge in [0.2, 0.25) is 5.91 Å². The van der Waals surface area contributed by atoms with Crippen LogP contribution in [-0.2, 0) is 9.53 Å². The highest BCUT2D eigenvalue weighted by Gasteiger charge is 2.36. The summed E-state index contributed by atoms with van der Waals surface area (Å²) in [6.45, 7) is 0.556. The second-order valence-electron chi connectivity index (χ2n) is 4.84. The predicted octanol–water partition coefficient (Wildman–Crippen LogP) is 1.84. The van der Waals surface area contributed by atoms with Crippen molar-refractivity contribution in [3.05, 3.63) is 10.6 Å². The van der Waals surface area contributed by atoms with Crippen molar-refractivity contribution in [1.29, 1.82) is 0 Å². The monoisotopic (exact) mass is 298 g/mol. The Kier molecular flexibility index (Phi) is 3.26. The Bertz CT molecular complexity index is 539. The Hall–Kier alpha value is -1.08. The van der Waals surface area contributed by atoms with E-state index < -0.39 is 0 Å². The van der Waals surface area contributed by atoms with E-state index in [0.717, 1.165) is 18.5 Å². The lowest BCUT2D eigenvalue weighted by atomic mass is 10.2. The summed E-state index contributed by atoms with van der Waals surface area (Å²) in [6, 6.07) is 0. The van der Waals surface area contributed by atoms with Gasteiger partial charge in [-0.3, -0.25) is 9.69 Å². The van der Waals surface area contributed by atoms with Crippen molar-refractivity contribution < 1.29 is 14.3 Å². The lowest BCUT2D eigenvalue weighted by molar-refractivity contribution is -0.117. The molecule has 0 radical (unpaired) electrons. The van der Waals surface area contributed by atoms with Crippen molar-refractivity contribution in [2.75, 3.05) is 18.6 Å². The largest absolute Gasteiger partial charge is 0.465 e. The van der Waals surface area contributed by atoms with E-state index >= 15 is 0 Å². The van der Waals surface area contributed by atoms with Crippen molar-refractivity contribution in [3.8, 4) is 0 Å². The molecule has 19 heavy (non-hydrogen) atoms. The van der Waals surface area contributed by atoms with Gasteiger partial charge in [-0.15, -0.1) is 0 Å². The molecule has 1 saturated heterocycles. The lowest BCUT2D eigenvalue weighted by Gasteiger charge is -2.10. The van der Waals surface area contributed by atoms with E-state index in [1.807, 2.05) is 0 Å². The Morgan fingerprint density at radius 3 is 2.79 bits per heavy atom. The van der Waals surface area contributed by atoms with Gasteiger partial charge in [-0.25, -0.2) is 9.78 Å². The van der Waals surface area contributed by atoms with Crippen molar-refractivity contribution in [2.24, 2.45) is 0 Å². The third-order valence-corrected chi connectivity index (χ3v) is 4.73. The number of rotatable bonds is 3. The fraction of sp³-hybridized carbons (Fsp3) is 0.583.